The summed E-state index contributed by atoms with van der Waals surface area (Å²) in [5.41, 5.74) is 6.04. The first-order valence-electron chi connectivity index (χ1n) is 20.3. The third kappa shape index (κ3) is 4.54. The van der Waals surface area contributed by atoms with Gasteiger partial charge in [-0.05, 0) is 152 Å². The van der Waals surface area contributed by atoms with Crippen LogP contribution in [-0.2, 0) is 20.9 Å². The van der Waals surface area contributed by atoms with Crippen molar-refractivity contribution in [2.24, 2.45) is 74.4 Å². The number of carboxylic acids is 1. The van der Waals surface area contributed by atoms with E-state index in [-0.39, 0.29) is 45.3 Å². The number of hydrogen-bond acceptors (Lipinski definition) is 5. The molecule has 6 saturated carbocycles. The number of carboxylic acid groups (broad SMARTS) is 1. The van der Waals surface area contributed by atoms with Gasteiger partial charge in [-0.3, -0.25) is 19.4 Å². The van der Waals surface area contributed by atoms with E-state index in [1.807, 2.05) is 20.0 Å². The average molecular weight is 683 g/mol. The third-order valence-electron chi connectivity index (χ3n) is 17.4. The van der Waals surface area contributed by atoms with Gasteiger partial charge >= 0.3 is 5.97 Å². The molecule has 0 radical (unpaired) electrons. The molecule has 0 aliphatic heterocycles. The number of aryl methyl sites for hydroxylation is 1. The molecule has 0 aromatic carbocycles. The van der Waals surface area contributed by atoms with E-state index in [1.165, 1.54) is 49.7 Å². The van der Waals surface area contributed by atoms with Crippen LogP contribution in [0.25, 0.3) is 0 Å². The van der Waals surface area contributed by atoms with Crippen LogP contribution in [0, 0.1) is 81.3 Å². The quantitative estimate of drug-likeness (QED) is 0.240. The number of aromatic nitrogens is 1. The van der Waals surface area contributed by atoms with Crippen molar-refractivity contribution in [1.82, 2.24) is 10.3 Å². The molecule has 1 aromatic heterocycles. The summed E-state index contributed by atoms with van der Waals surface area (Å²) in [4.78, 5) is 43.8. The van der Waals surface area contributed by atoms with Crippen molar-refractivity contribution >= 4 is 17.5 Å². The van der Waals surface area contributed by atoms with Gasteiger partial charge in [0.05, 0.1) is 5.92 Å². The molecule has 0 bridgehead atoms. The lowest BCUT2D eigenvalue weighted by Gasteiger charge is -2.62. The Kier molecular flexibility index (Phi) is 8.04. The van der Waals surface area contributed by atoms with Gasteiger partial charge in [0.15, 0.2) is 5.78 Å². The first kappa shape index (κ1) is 34.7. The van der Waals surface area contributed by atoms with E-state index in [0.717, 1.165) is 44.0 Å². The largest absolute Gasteiger partial charge is 0.481 e. The van der Waals surface area contributed by atoms with Crippen LogP contribution in [-0.4, -0.2) is 34.2 Å². The van der Waals surface area contributed by atoms with Crippen molar-refractivity contribution in [2.45, 2.75) is 132 Å². The maximum absolute atomic E-state index is 14.1. The summed E-state index contributed by atoms with van der Waals surface area (Å²) in [5, 5.41) is 13.3. The van der Waals surface area contributed by atoms with Crippen molar-refractivity contribution in [1.29, 1.82) is 0 Å². The highest BCUT2D eigenvalue weighted by molar-refractivity contribution is 6.01. The number of Topliss-reactive ketones (excluding diaryl/α,β-unsaturated/α-hetero) is 2. The van der Waals surface area contributed by atoms with Crippen LogP contribution in [0.5, 0.6) is 0 Å². The van der Waals surface area contributed by atoms with E-state index in [9.17, 15) is 19.5 Å². The minimum absolute atomic E-state index is 0.0114. The molecule has 6 fully saturated rings. The van der Waals surface area contributed by atoms with Crippen molar-refractivity contribution in [3.63, 3.8) is 0 Å². The number of nitrogens with zero attached hydrogens (tertiary/aromatic N) is 1. The molecule has 7 aliphatic rings. The summed E-state index contributed by atoms with van der Waals surface area (Å²) in [6.07, 6.45) is 14.7. The smallest absolute Gasteiger partial charge is 0.306 e. The molecule has 6 nitrogen and oxygen atoms in total. The molecule has 1 aromatic rings. The Hall–Kier alpha value is -2.34. The van der Waals surface area contributed by atoms with Crippen LogP contribution in [0.4, 0.5) is 0 Å². The standard InChI is InChI=1S/C44H62N2O4/c1-25(2)37-33(48)22-42(18-19-45-23-28-9-8-26(3)46-24-28)15-11-36-43-16-12-34-40(5,6)29(20-32(47)30-21-31(27(30)4)39(49)50)10-14-41(34,7)35(43)13-17-44(36,43)38(37)42/h8-9,24-25,27,29-31,34-36,45H,10-23H2,1-7H3,(H,49,50). The second kappa shape index (κ2) is 11.6. The summed E-state index contributed by atoms with van der Waals surface area (Å²) < 4.78 is 0. The first-order valence-corrected chi connectivity index (χ1v) is 20.3. The number of fused-ring (bicyclic) bond motifs is 3. The number of pyridine rings is 1. The molecule has 2 N–H and O–H groups in total. The molecule has 272 valence electrons. The minimum Gasteiger partial charge on any atom is -0.481 e. The van der Waals surface area contributed by atoms with Crippen molar-refractivity contribution in [3.05, 3.63) is 40.7 Å². The zero-order chi connectivity index (χ0) is 35.6. The highest BCUT2D eigenvalue weighted by atomic mass is 16.4. The van der Waals surface area contributed by atoms with E-state index in [1.54, 1.807) is 5.57 Å². The molecule has 11 unspecified atom stereocenters. The molecule has 0 amide bonds. The molecule has 50 heavy (non-hydrogen) atoms. The Morgan fingerprint density at radius 1 is 0.980 bits per heavy atom. The van der Waals surface area contributed by atoms with Gasteiger partial charge in [0.1, 0.15) is 5.78 Å². The fourth-order valence-corrected chi connectivity index (χ4v) is 15.2. The van der Waals surface area contributed by atoms with Crippen molar-refractivity contribution in [3.8, 4) is 0 Å². The summed E-state index contributed by atoms with van der Waals surface area (Å²) in [6.45, 7) is 17.9. The summed E-state index contributed by atoms with van der Waals surface area (Å²) >= 11 is 0. The van der Waals surface area contributed by atoms with Gasteiger partial charge in [0, 0.05) is 48.0 Å². The van der Waals surface area contributed by atoms with Crippen LogP contribution < -0.4 is 5.32 Å². The third-order valence-corrected chi connectivity index (χ3v) is 17.4. The molecule has 2 spiro atoms. The van der Waals surface area contributed by atoms with Gasteiger partial charge in [0.2, 0.25) is 0 Å². The van der Waals surface area contributed by atoms with Gasteiger partial charge in [-0.15, -0.1) is 0 Å². The van der Waals surface area contributed by atoms with Gasteiger partial charge in [0.25, 0.3) is 0 Å². The number of aliphatic carboxylic acids is 1. The number of carbonyl (C=O) groups is 3. The van der Waals surface area contributed by atoms with Crippen molar-refractivity contribution < 1.29 is 19.5 Å². The predicted molar refractivity (Wildman–Crippen MR) is 195 cm³/mol. The number of allylic oxidation sites excluding steroid dienone is 2. The second-order valence-electron chi connectivity index (χ2n) is 19.7. The Balaban J connectivity index is 1.03. The summed E-state index contributed by atoms with van der Waals surface area (Å²) in [6, 6.07) is 4.25. The lowest BCUT2D eigenvalue weighted by Crippen LogP contribution is -2.55. The lowest BCUT2D eigenvalue weighted by atomic mass is 9.42. The Morgan fingerprint density at radius 3 is 2.40 bits per heavy atom. The number of carbonyl (C=O) groups excluding carboxylic acids is 2. The molecule has 0 saturated heterocycles. The van der Waals surface area contributed by atoms with Gasteiger partial charge < -0.3 is 10.4 Å². The summed E-state index contributed by atoms with van der Waals surface area (Å²) in [5.74, 6) is 2.20. The molecular weight excluding hydrogens is 620 g/mol. The normalized spacial score (nSPS) is 43.8. The van der Waals surface area contributed by atoms with Gasteiger partial charge in [-0.1, -0.05) is 47.6 Å². The van der Waals surface area contributed by atoms with Crippen LogP contribution in [0.2, 0.25) is 0 Å². The Labute approximate surface area is 300 Å². The van der Waals surface area contributed by atoms with E-state index in [4.69, 9.17) is 0 Å². The zero-order valence-electron chi connectivity index (χ0n) is 31.9. The van der Waals surface area contributed by atoms with Gasteiger partial charge in [-0.25, -0.2) is 0 Å². The van der Waals surface area contributed by atoms with Crippen LogP contribution in [0.1, 0.15) is 130 Å². The number of hydrogen-bond donors (Lipinski definition) is 2. The van der Waals surface area contributed by atoms with Gasteiger partial charge in [-0.2, -0.15) is 0 Å². The highest BCUT2D eigenvalue weighted by Gasteiger charge is 2.88. The maximum Gasteiger partial charge on any atom is 0.306 e. The Morgan fingerprint density at radius 2 is 1.72 bits per heavy atom. The maximum atomic E-state index is 14.1. The molecule has 1 heterocycles. The summed E-state index contributed by atoms with van der Waals surface area (Å²) in [7, 11) is 0. The predicted octanol–water partition coefficient (Wildman–Crippen LogP) is 8.76. The zero-order valence-corrected chi connectivity index (χ0v) is 31.9. The second-order valence-corrected chi connectivity index (χ2v) is 19.7. The van der Waals surface area contributed by atoms with Crippen molar-refractivity contribution in [2.75, 3.05) is 6.54 Å². The highest BCUT2D eigenvalue weighted by Crippen LogP contribution is 2.94. The lowest BCUT2D eigenvalue weighted by molar-refractivity contribution is -0.156. The van der Waals surface area contributed by atoms with E-state index in [2.05, 4.69) is 57.1 Å². The number of ketones is 2. The average Bonchev–Trinajstić information content (AvgIpc) is 3.26. The monoisotopic (exact) mass is 682 g/mol. The van der Waals surface area contributed by atoms with E-state index < -0.39 is 5.97 Å². The molecule has 8 rings (SSSR count). The number of rotatable bonds is 10. The van der Waals surface area contributed by atoms with Crippen LogP contribution in [0.3, 0.4) is 0 Å². The minimum atomic E-state index is -0.746. The fraction of sp³-hybridized carbons (Fsp3) is 0.773. The van der Waals surface area contributed by atoms with Crippen LogP contribution >= 0.6 is 0 Å². The Bertz CT molecular complexity index is 1630. The SMILES string of the molecule is Cc1ccc(CNCCC23CCC4C5(CCC6C7(C)CCC(CC(=O)C8CC(C(=O)O)C8C)C(C)(C)C7CCC645)C2=C(C(C)C)C(=O)C3)cn1. The van der Waals surface area contributed by atoms with E-state index >= 15 is 0 Å². The first-order chi connectivity index (χ1) is 23.6. The molecule has 6 heteroatoms. The van der Waals surface area contributed by atoms with Crippen LogP contribution in [0.15, 0.2) is 29.5 Å². The fourth-order valence-electron chi connectivity index (χ4n) is 15.2. The number of nitrogens with one attached hydrogen (secondary N) is 1. The van der Waals surface area contributed by atoms with E-state index in [0.29, 0.717) is 54.0 Å². The molecular formula is C44H62N2O4. The topological polar surface area (TPSA) is 96.4 Å². The molecule has 7 aliphatic carbocycles. The molecule has 11 atom stereocenters.